The monoisotopic (exact) mass is 325 g/mol. The maximum absolute atomic E-state index is 11.9. The number of benzene rings is 1. The van der Waals surface area contributed by atoms with Gasteiger partial charge in [-0.25, -0.2) is 9.78 Å². The molecular formula is C17H15N3O2S. The number of thiazole rings is 1. The molecule has 1 amide bonds. The van der Waals surface area contributed by atoms with Crippen LogP contribution in [0.4, 0.5) is 9.93 Å². The van der Waals surface area contributed by atoms with E-state index in [1.165, 1.54) is 11.3 Å². The van der Waals surface area contributed by atoms with Crippen molar-refractivity contribution < 1.29 is 9.53 Å². The summed E-state index contributed by atoms with van der Waals surface area (Å²) in [5.41, 5.74) is 2.77. The van der Waals surface area contributed by atoms with Crippen molar-refractivity contribution in [3.8, 4) is 10.4 Å². The van der Waals surface area contributed by atoms with Crippen molar-refractivity contribution in [1.82, 2.24) is 9.97 Å². The minimum Gasteiger partial charge on any atom is -0.444 e. The number of carbonyl (C=O) groups is 1. The van der Waals surface area contributed by atoms with Gasteiger partial charge in [0, 0.05) is 18.0 Å². The number of amides is 1. The van der Waals surface area contributed by atoms with E-state index in [0.717, 1.165) is 21.7 Å². The first-order valence-corrected chi connectivity index (χ1v) is 7.89. The van der Waals surface area contributed by atoms with Crippen LogP contribution in [0.5, 0.6) is 0 Å². The van der Waals surface area contributed by atoms with Gasteiger partial charge in [0.25, 0.3) is 0 Å². The summed E-state index contributed by atoms with van der Waals surface area (Å²) in [6.45, 7) is 2.13. The van der Waals surface area contributed by atoms with E-state index >= 15 is 0 Å². The SMILES string of the molecule is Cc1nc(NC(=O)OCc2ccccc2)sc1-c1cccnc1. The molecule has 6 heteroatoms. The smallest absolute Gasteiger partial charge is 0.413 e. The Morgan fingerprint density at radius 3 is 2.78 bits per heavy atom. The first kappa shape index (κ1) is 15.2. The molecule has 0 saturated carbocycles. The van der Waals surface area contributed by atoms with Crippen molar-refractivity contribution in [3.05, 3.63) is 66.1 Å². The Balaban J connectivity index is 1.63. The van der Waals surface area contributed by atoms with Gasteiger partial charge in [0.05, 0.1) is 10.6 Å². The maximum Gasteiger partial charge on any atom is 0.413 e. The number of hydrogen-bond acceptors (Lipinski definition) is 5. The Bertz CT molecular complexity index is 788. The molecule has 116 valence electrons. The molecule has 1 N–H and O–H groups in total. The molecule has 0 spiro atoms. The summed E-state index contributed by atoms with van der Waals surface area (Å²) < 4.78 is 5.19. The molecule has 0 saturated heterocycles. The molecule has 1 aromatic carbocycles. The summed E-state index contributed by atoms with van der Waals surface area (Å²) in [6, 6.07) is 13.4. The summed E-state index contributed by atoms with van der Waals surface area (Å²) in [5.74, 6) is 0. The molecule has 23 heavy (non-hydrogen) atoms. The Hall–Kier alpha value is -2.73. The summed E-state index contributed by atoms with van der Waals surface area (Å²) in [4.78, 5) is 21.3. The number of aromatic nitrogens is 2. The van der Waals surface area contributed by atoms with Crippen molar-refractivity contribution >= 4 is 22.6 Å². The van der Waals surface area contributed by atoms with Crippen LogP contribution in [0.3, 0.4) is 0 Å². The van der Waals surface area contributed by atoms with Crippen LogP contribution < -0.4 is 5.32 Å². The van der Waals surface area contributed by atoms with Crippen molar-refractivity contribution in [2.75, 3.05) is 5.32 Å². The van der Waals surface area contributed by atoms with Crippen molar-refractivity contribution in [2.45, 2.75) is 13.5 Å². The maximum atomic E-state index is 11.9. The Kier molecular flexibility index (Phi) is 4.63. The lowest BCUT2D eigenvalue weighted by atomic mass is 10.2. The van der Waals surface area contributed by atoms with Crippen LogP contribution in [0.25, 0.3) is 10.4 Å². The van der Waals surface area contributed by atoms with Gasteiger partial charge in [-0.3, -0.25) is 10.3 Å². The zero-order valence-electron chi connectivity index (χ0n) is 12.5. The van der Waals surface area contributed by atoms with Gasteiger partial charge < -0.3 is 4.74 Å². The molecule has 0 aliphatic carbocycles. The van der Waals surface area contributed by atoms with Gasteiger partial charge in [-0.2, -0.15) is 0 Å². The van der Waals surface area contributed by atoms with E-state index in [1.807, 2.05) is 49.4 Å². The molecule has 5 nitrogen and oxygen atoms in total. The summed E-state index contributed by atoms with van der Waals surface area (Å²) in [7, 11) is 0. The van der Waals surface area contributed by atoms with E-state index in [0.29, 0.717) is 5.13 Å². The third kappa shape index (κ3) is 3.92. The second-order valence-electron chi connectivity index (χ2n) is 4.86. The summed E-state index contributed by atoms with van der Waals surface area (Å²) in [6.07, 6.45) is 2.98. The van der Waals surface area contributed by atoms with Crippen LogP contribution in [0.2, 0.25) is 0 Å². The highest BCUT2D eigenvalue weighted by Gasteiger charge is 2.12. The first-order valence-electron chi connectivity index (χ1n) is 7.08. The third-order valence-corrected chi connectivity index (χ3v) is 4.26. The molecule has 0 fully saturated rings. The molecule has 3 rings (SSSR count). The number of aryl methyl sites for hydroxylation is 1. The molecule has 0 bridgehead atoms. The molecule has 3 aromatic rings. The quantitative estimate of drug-likeness (QED) is 0.778. The number of rotatable bonds is 4. The van der Waals surface area contributed by atoms with Crippen molar-refractivity contribution in [2.24, 2.45) is 0 Å². The van der Waals surface area contributed by atoms with E-state index in [1.54, 1.807) is 12.4 Å². The molecule has 0 atom stereocenters. The van der Waals surface area contributed by atoms with Crippen LogP contribution in [0.15, 0.2) is 54.9 Å². The molecule has 0 unspecified atom stereocenters. The van der Waals surface area contributed by atoms with Gasteiger partial charge in [0.15, 0.2) is 5.13 Å². The van der Waals surface area contributed by atoms with Crippen LogP contribution in [0.1, 0.15) is 11.3 Å². The molecule has 0 aliphatic rings. The van der Waals surface area contributed by atoms with E-state index in [9.17, 15) is 4.79 Å². The highest BCUT2D eigenvalue weighted by atomic mass is 32.1. The van der Waals surface area contributed by atoms with Gasteiger partial charge in [-0.05, 0) is 18.6 Å². The largest absolute Gasteiger partial charge is 0.444 e. The molecule has 0 radical (unpaired) electrons. The molecule has 2 aromatic heterocycles. The summed E-state index contributed by atoms with van der Waals surface area (Å²) >= 11 is 1.40. The van der Waals surface area contributed by atoms with E-state index in [2.05, 4.69) is 15.3 Å². The van der Waals surface area contributed by atoms with Gasteiger partial charge in [0.2, 0.25) is 0 Å². The number of nitrogens with zero attached hydrogens (tertiary/aromatic N) is 2. The summed E-state index contributed by atoms with van der Waals surface area (Å²) in [5, 5.41) is 3.18. The lowest BCUT2D eigenvalue weighted by Crippen LogP contribution is -2.13. The number of carbonyl (C=O) groups excluding carboxylic acids is 1. The van der Waals surface area contributed by atoms with Gasteiger partial charge >= 0.3 is 6.09 Å². The fraction of sp³-hybridized carbons (Fsp3) is 0.118. The lowest BCUT2D eigenvalue weighted by Gasteiger charge is -2.04. The second-order valence-corrected chi connectivity index (χ2v) is 5.86. The van der Waals surface area contributed by atoms with Crippen molar-refractivity contribution in [3.63, 3.8) is 0 Å². The second kappa shape index (κ2) is 7.02. The van der Waals surface area contributed by atoms with Crippen LogP contribution in [-0.4, -0.2) is 16.1 Å². The number of pyridine rings is 1. The first-order chi connectivity index (χ1) is 11.2. The third-order valence-electron chi connectivity index (χ3n) is 3.14. The van der Waals surface area contributed by atoms with E-state index < -0.39 is 6.09 Å². The molecule has 2 heterocycles. The zero-order chi connectivity index (χ0) is 16.1. The van der Waals surface area contributed by atoms with Crippen LogP contribution in [-0.2, 0) is 11.3 Å². The van der Waals surface area contributed by atoms with Crippen molar-refractivity contribution in [1.29, 1.82) is 0 Å². The molecular weight excluding hydrogens is 310 g/mol. The number of hydrogen-bond donors (Lipinski definition) is 1. The lowest BCUT2D eigenvalue weighted by molar-refractivity contribution is 0.155. The van der Waals surface area contributed by atoms with E-state index in [4.69, 9.17) is 4.74 Å². The highest BCUT2D eigenvalue weighted by Crippen LogP contribution is 2.32. The Morgan fingerprint density at radius 2 is 2.04 bits per heavy atom. The zero-order valence-corrected chi connectivity index (χ0v) is 13.3. The molecule has 0 aliphatic heterocycles. The predicted octanol–water partition coefficient (Wildman–Crippen LogP) is 4.26. The average molecular weight is 325 g/mol. The normalized spacial score (nSPS) is 10.3. The Morgan fingerprint density at radius 1 is 1.22 bits per heavy atom. The standard InChI is InChI=1S/C17H15N3O2S/c1-12-15(14-8-5-9-18-10-14)23-16(19-12)20-17(21)22-11-13-6-3-2-4-7-13/h2-10H,11H2,1H3,(H,19,20,21). The van der Waals surface area contributed by atoms with Gasteiger partial charge in [0.1, 0.15) is 6.61 Å². The van der Waals surface area contributed by atoms with Gasteiger partial charge in [-0.1, -0.05) is 47.7 Å². The topological polar surface area (TPSA) is 64.1 Å². The fourth-order valence-electron chi connectivity index (χ4n) is 2.06. The fourth-order valence-corrected chi connectivity index (χ4v) is 3.00. The number of nitrogens with one attached hydrogen (secondary N) is 1. The van der Waals surface area contributed by atoms with Gasteiger partial charge in [-0.15, -0.1) is 0 Å². The highest BCUT2D eigenvalue weighted by molar-refractivity contribution is 7.19. The van der Waals surface area contributed by atoms with Crippen LogP contribution in [0, 0.1) is 6.92 Å². The minimum absolute atomic E-state index is 0.229. The van der Waals surface area contributed by atoms with Crippen LogP contribution >= 0.6 is 11.3 Å². The predicted molar refractivity (Wildman–Crippen MR) is 90.3 cm³/mol. The Labute approximate surface area is 138 Å². The number of ether oxygens (including phenoxy) is 1. The minimum atomic E-state index is -0.514. The number of anilines is 1. The van der Waals surface area contributed by atoms with E-state index in [-0.39, 0.29) is 6.61 Å². The average Bonchev–Trinajstić information content (AvgIpc) is 2.95.